The van der Waals surface area contributed by atoms with Gasteiger partial charge in [0.15, 0.2) is 0 Å². The average molecular weight is 222 g/mol. The highest BCUT2D eigenvalue weighted by Gasteiger charge is 2.08. The van der Waals surface area contributed by atoms with E-state index in [1.165, 1.54) is 12.1 Å². The lowest BCUT2D eigenvalue weighted by atomic mass is 10.1. The molecule has 0 atom stereocenters. The van der Waals surface area contributed by atoms with Crippen molar-refractivity contribution >= 4 is 30.0 Å². The van der Waals surface area contributed by atoms with Crippen LogP contribution < -0.4 is 5.73 Å². The van der Waals surface area contributed by atoms with Gasteiger partial charge in [0.05, 0.1) is 10.6 Å². The maximum absolute atomic E-state index is 10.6. The summed E-state index contributed by atoms with van der Waals surface area (Å²) in [6, 6.07) is 4.71. The molecular weight excluding hydrogens is 213 g/mol. The van der Waals surface area contributed by atoms with Crippen LogP contribution in [0.15, 0.2) is 18.2 Å². The number of carboxylic acids is 1. The lowest BCUT2D eigenvalue weighted by Crippen LogP contribution is -2.01. The number of rotatable bonds is 2. The SMILES string of the molecule is Cl.NCc1ccc(Cl)c(C(=O)O)c1. The Morgan fingerprint density at radius 1 is 1.54 bits per heavy atom. The first-order valence-electron chi connectivity index (χ1n) is 3.37. The average Bonchev–Trinajstić information content (AvgIpc) is 2.05. The Kier molecular flexibility index (Phi) is 4.77. The van der Waals surface area contributed by atoms with E-state index in [1.807, 2.05) is 0 Å². The molecule has 0 aromatic heterocycles. The molecule has 0 bridgehead atoms. The van der Waals surface area contributed by atoms with E-state index in [0.29, 0.717) is 6.54 Å². The highest BCUT2D eigenvalue weighted by Crippen LogP contribution is 2.17. The summed E-state index contributed by atoms with van der Waals surface area (Å²) < 4.78 is 0. The molecule has 0 unspecified atom stereocenters. The summed E-state index contributed by atoms with van der Waals surface area (Å²) in [5, 5.41) is 8.90. The number of nitrogens with two attached hydrogens (primary N) is 1. The van der Waals surface area contributed by atoms with Crippen LogP contribution in [0, 0.1) is 0 Å². The molecule has 3 nitrogen and oxygen atoms in total. The van der Waals surface area contributed by atoms with Crippen LogP contribution in [0.3, 0.4) is 0 Å². The van der Waals surface area contributed by atoms with Crippen molar-refractivity contribution < 1.29 is 9.90 Å². The minimum absolute atomic E-state index is 0. The number of halogens is 2. The maximum atomic E-state index is 10.6. The first-order chi connectivity index (χ1) is 5.65. The largest absolute Gasteiger partial charge is 0.478 e. The highest BCUT2D eigenvalue weighted by molar-refractivity contribution is 6.33. The molecule has 0 aliphatic heterocycles. The van der Waals surface area contributed by atoms with Crippen LogP contribution in [-0.4, -0.2) is 11.1 Å². The van der Waals surface area contributed by atoms with Gasteiger partial charge >= 0.3 is 5.97 Å². The van der Waals surface area contributed by atoms with E-state index in [1.54, 1.807) is 6.07 Å². The van der Waals surface area contributed by atoms with Gasteiger partial charge in [-0.2, -0.15) is 0 Å². The summed E-state index contributed by atoms with van der Waals surface area (Å²) >= 11 is 5.63. The molecule has 0 spiro atoms. The van der Waals surface area contributed by atoms with Gasteiger partial charge in [0.2, 0.25) is 0 Å². The van der Waals surface area contributed by atoms with Crippen LogP contribution in [0.4, 0.5) is 0 Å². The second kappa shape index (κ2) is 5.07. The lowest BCUT2D eigenvalue weighted by molar-refractivity contribution is 0.0697. The van der Waals surface area contributed by atoms with Crippen LogP contribution in [0.5, 0.6) is 0 Å². The normalized spacial score (nSPS) is 9.08. The molecule has 0 radical (unpaired) electrons. The third-order valence-corrected chi connectivity index (χ3v) is 1.83. The Hall–Kier alpha value is -0.770. The fourth-order valence-corrected chi connectivity index (χ4v) is 1.06. The molecule has 13 heavy (non-hydrogen) atoms. The molecule has 1 aromatic rings. The standard InChI is InChI=1S/C8H8ClNO2.ClH/c9-7-2-1-5(4-10)3-6(7)8(11)12;/h1-3H,4,10H2,(H,11,12);1H. The zero-order valence-corrected chi connectivity index (χ0v) is 8.23. The minimum Gasteiger partial charge on any atom is -0.478 e. The van der Waals surface area contributed by atoms with Crippen LogP contribution in [0.1, 0.15) is 15.9 Å². The molecule has 3 N–H and O–H groups in total. The molecule has 0 saturated heterocycles. The van der Waals surface area contributed by atoms with Crippen molar-refractivity contribution in [1.82, 2.24) is 0 Å². The topological polar surface area (TPSA) is 63.3 Å². The van der Waals surface area contributed by atoms with Gasteiger partial charge in [0.1, 0.15) is 0 Å². The summed E-state index contributed by atoms with van der Waals surface area (Å²) in [5.74, 6) is -1.03. The van der Waals surface area contributed by atoms with E-state index in [9.17, 15) is 4.79 Å². The van der Waals surface area contributed by atoms with Gasteiger partial charge in [-0.05, 0) is 17.7 Å². The quantitative estimate of drug-likeness (QED) is 0.803. The van der Waals surface area contributed by atoms with Gasteiger partial charge in [-0.3, -0.25) is 0 Å². The van der Waals surface area contributed by atoms with Gasteiger partial charge in [-0.15, -0.1) is 12.4 Å². The molecule has 1 rings (SSSR count). The lowest BCUT2D eigenvalue weighted by Gasteiger charge is -2.00. The minimum atomic E-state index is -1.03. The van der Waals surface area contributed by atoms with E-state index >= 15 is 0 Å². The molecule has 0 aliphatic carbocycles. The number of carboxylic acid groups (broad SMARTS) is 1. The van der Waals surface area contributed by atoms with Crippen molar-refractivity contribution in [3.8, 4) is 0 Å². The third-order valence-electron chi connectivity index (χ3n) is 1.50. The van der Waals surface area contributed by atoms with Crippen molar-refractivity contribution in [2.75, 3.05) is 0 Å². The van der Waals surface area contributed by atoms with Crippen molar-refractivity contribution in [3.05, 3.63) is 34.3 Å². The molecule has 0 saturated carbocycles. The van der Waals surface area contributed by atoms with Crippen molar-refractivity contribution in [3.63, 3.8) is 0 Å². The molecular formula is C8H9Cl2NO2. The van der Waals surface area contributed by atoms with Gasteiger partial charge < -0.3 is 10.8 Å². The molecule has 0 heterocycles. The van der Waals surface area contributed by atoms with Crippen molar-refractivity contribution in [2.24, 2.45) is 5.73 Å². The first-order valence-corrected chi connectivity index (χ1v) is 3.74. The number of aromatic carboxylic acids is 1. The summed E-state index contributed by atoms with van der Waals surface area (Å²) in [5.41, 5.74) is 6.19. The molecule has 0 fully saturated rings. The van der Waals surface area contributed by atoms with E-state index < -0.39 is 5.97 Å². The van der Waals surface area contributed by atoms with Crippen LogP contribution in [0.25, 0.3) is 0 Å². The van der Waals surface area contributed by atoms with E-state index in [2.05, 4.69) is 0 Å². The van der Waals surface area contributed by atoms with Crippen LogP contribution in [-0.2, 0) is 6.54 Å². The Morgan fingerprint density at radius 3 is 2.62 bits per heavy atom. The monoisotopic (exact) mass is 221 g/mol. The fourth-order valence-electron chi connectivity index (χ4n) is 0.863. The second-order valence-corrected chi connectivity index (χ2v) is 2.73. The second-order valence-electron chi connectivity index (χ2n) is 2.32. The Balaban J connectivity index is 0.00000144. The van der Waals surface area contributed by atoms with Gasteiger partial charge in [0, 0.05) is 6.54 Å². The molecule has 0 amide bonds. The predicted octanol–water partition coefficient (Wildman–Crippen LogP) is 1.92. The zero-order valence-electron chi connectivity index (χ0n) is 6.66. The van der Waals surface area contributed by atoms with E-state index in [0.717, 1.165) is 5.56 Å². The molecule has 1 aromatic carbocycles. The number of benzene rings is 1. The highest BCUT2D eigenvalue weighted by atomic mass is 35.5. The first kappa shape index (κ1) is 12.2. The summed E-state index contributed by atoms with van der Waals surface area (Å²) in [7, 11) is 0. The molecule has 5 heteroatoms. The Morgan fingerprint density at radius 2 is 2.15 bits per heavy atom. The van der Waals surface area contributed by atoms with Gasteiger partial charge in [-0.1, -0.05) is 17.7 Å². The number of carbonyl (C=O) groups is 1. The van der Waals surface area contributed by atoms with Gasteiger partial charge in [-0.25, -0.2) is 4.79 Å². The molecule has 0 aliphatic rings. The van der Waals surface area contributed by atoms with Gasteiger partial charge in [0.25, 0.3) is 0 Å². The van der Waals surface area contributed by atoms with Crippen molar-refractivity contribution in [1.29, 1.82) is 0 Å². The summed E-state index contributed by atoms with van der Waals surface area (Å²) in [4.78, 5) is 10.6. The van der Waals surface area contributed by atoms with E-state index in [4.69, 9.17) is 22.4 Å². The predicted molar refractivity (Wildman–Crippen MR) is 53.6 cm³/mol. The van der Waals surface area contributed by atoms with Crippen LogP contribution in [0.2, 0.25) is 5.02 Å². The number of hydrogen-bond acceptors (Lipinski definition) is 2. The maximum Gasteiger partial charge on any atom is 0.337 e. The molecule has 72 valence electrons. The smallest absolute Gasteiger partial charge is 0.337 e. The summed E-state index contributed by atoms with van der Waals surface area (Å²) in [6.45, 7) is 0.317. The van der Waals surface area contributed by atoms with E-state index in [-0.39, 0.29) is 23.0 Å². The third kappa shape index (κ3) is 2.88. The Labute approximate surface area is 86.9 Å². The van der Waals surface area contributed by atoms with Crippen molar-refractivity contribution in [2.45, 2.75) is 6.54 Å². The number of hydrogen-bond donors (Lipinski definition) is 2. The van der Waals surface area contributed by atoms with Crippen LogP contribution >= 0.6 is 24.0 Å². The fraction of sp³-hybridized carbons (Fsp3) is 0.125. The summed E-state index contributed by atoms with van der Waals surface area (Å²) in [6.07, 6.45) is 0. The Bertz CT molecular complexity index is 315. The zero-order chi connectivity index (χ0) is 9.14.